The van der Waals surface area contributed by atoms with Crippen molar-refractivity contribution < 1.29 is 14.6 Å². The number of ether oxygens (including phenoxy) is 1. The van der Waals surface area contributed by atoms with Gasteiger partial charge < -0.3 is 14.7 Å². The molecule has 0 aromatic heterocycles. The predicted octanol–water partition coefficient (Wildman–Crippen LogP) is 4.26. The summed E-state index contributed by atoms with van der Waals surface area (Å²) in [4.78, 5) is 15.5. The molecule has 4 nitrogen and oxygen atoms in total. The van der Waals surface area contributed by atoms with Gasteiger partial charge >= 0.3 is 5.97 Å². The van der Waals surface area contributed by atoms with E-state index in [1.54, 1.807) is 0 Å². The molecule has 0 aromatic carbocycles. The molecule has 1 N–H and O–H groups in total. The first-order valence-corrected chi connectivity index (χ1v) is 11.1. The van der Waals surface area contributed by atoms with Gasteiger partial charge in [0.15, 0.2) is 5.60 Å². The third-order valence-electron chi connectivity index (χ3n) is 7.14. The number of rotatable bonds is 8. The minimum absolute atomic E-state index is 0.0281. The molecule has 1 unspecified atom stereocenters. The van der Waals surface area contributed by atoms with E-state index in [0.29, 0.717) is 18.4 Å². The highest BCUT2D eigenvalue weighted by Gasteiger charge is 2.55. The summed E-state index contributed by atoms with van der Waals surface area (Å²) in [5, 5.41) is 11.9. The zero-order valence-corrected chi connectivity index (χ0v) is 17.5. The number of nitrogens with zero attached hydrogens (tertiary/aromatic N) is 1. The molecule has 2 aliphatic carbocycles. The van der Waals surface area contributed by atoms with Crippen LogP contribution < -0.4 is 0 Å². The molecule has 26 heavy (non-hydrogen) atoms. The lowest BCUT2D eigenvalue weighted by molar-refractivity contribution is -0.193. The minimum Gasteiger partial charge on any atom is -0.462 e. The van der Waals surface area contributed by atoms with Crippen molar-refractivity contribution >= 4 is 5.97 Å². The van der Waals surface area contributed by atoms with Gasteiger partial charge in [-0.3, -0.25) is 0 Å². The van der Waals surface area contributed by atoms with Crippen molar-refractivity contribution in [3.8, 4) is 0 Å². The molecular weight excluding hydrogens is 326 g/mol. The zero-order valence-electron chi connectivity index (χ0n) is 17.5. The summed E-state index contributed by atoms with van der Waals surface area (Å²) in [6.45, 7) is 11.7. The molecule has 0 bridgehead atoms. The quantitative estimate of drug-likeness (QED) is 0.652. The number of aliphatic hydroxyl groups is 1. The Bertz CT molecular complexity index is 421. The van der Waals surface area contributed by atoms with Gasteiger partial charge in [0.2, 0.25) is 0 Å². The van der Waals surface area contributed by atoms with Crippen LogP contribution in [0.1, 0.15) is 79.1 Å². The molecule has 2 aliphatic rings. The second kappa shape index (κ2) is 10.1. The van der Waals surface area contributed by atoms with E-state index in [-0.39, 0.29) is 17.8 Å². The largest absolute Gasteiger partial charge is 0.462 e. The van der Waals surface area contributed by atoms with E-state index in [2.05, 4.69) is 32.6 Å². The molecule has 0 amide bonds. The molecule has 2 rings (SSSR count). The Morgan fingerprint density at radius 1 is 1.00 bits per heavy atom. The summed E-state index contributed by atoms with van der Waals surface area (Å²) in [7, 11) is 0. The van der Waals surface area contributed by atoms with Crippen LogP contribution in [0.2, 0.25) is 0 Å². The summed E-state index contributed by atoms with van der Waals surface area (Å²) in [6.07, 6.45) is 8.79. The number of carbonyl (C=O) groups excluding carboxylic acids is 1. The van der Waals surface area contributed by atoms with Crippen LogP contribution in [0.3, 0.4) is 0 Å². The molecule has 0 saturated heterocycles. The minimum atomic E-state index is -1.30. The van der Waals surface area contributed by atoms with Crippen molar-refractivity contribution in [3.05, 3.63) is 0 Å². The van der Waals surface area contributed by atoms with E-state index in [4.69, 9.17) is 4.74 Å². The highest BCUT2D eigenvalue weighted by Crippen LogP contribution is 2.48. The first-order valence-electron chi connectivity index (χ1n) is 11.1. The van der Waals surface area contributed by atoms with Crippen LogP contribution in [0.25, 0.3) is 0 Å². The van der Waals surface area contributed by atoms with Crippen molar-refractivity contribution in [1.29, 1.82) is 0 Å². The van der Waals surface area contributed by atoms with Gasteiger partial charge in [0.05, 0.1) is 0 Å². The van der Waals surface area contributed by atoms with Crippen LogP contribution >= 0.6 is 0 Å². The lowest BCUT2D eigenvalue weighted by Crippen LogP contribution is -2.58. The van der Waals surface area contributed by atoms with Gasteiger partial charge in [0.1, 0.15) is 6.61 Å². The Balaban J connectivity index is 2.15. The molecular formula is C22H41NO3. The number of carbonyl (C=O) groups is 1. The average Bonchev–Trinajstić information content (AvgIpc) is 2.65. The van der Waals surface area contributed by atoms with Gasteiger partial charge in [-0.25, -0.2) is 4.79 Å². The Morgan fingerprint density at radius 3 is 2.12 bits per heavy atom. The average molecular weight is 368 g/mol. The molecule has 0 aliphatic heterocycles. The third kappa shape index (κ3) is 4.81. The number of esters is 1. The second-order valence-electron chi connectivity index (χ2n) is 8.73. The summed E-state index contributed by atoms with van der Waals surface area (Å²) in [5.74, 6) is 0.495. The van der Waals surface area contributed by atoms with Gasteiger partial charge in [-0.2, -0.15) is 0 Å². The third-order valence-corrected chi connectivity index (χ3v) is 7.14. The monoisotopic (exact) mass is 367 g/mol. The van der Waals surface area contributed by atoms with Gasteiger partial charge in [0.25, 0.3) is 0 Å². The van der Waals surface area contributed by atoms with Crippen molar-refractivity contribution in [2.45, 2.75) is 84.7 Å². The maximum atomic E-state index is 13.2. The maximum absolute atomic E-state index is 13.2. The highest BCUT2D eigenvalue weighted by atomic mass is 16.5. The van der Waals surface area contributed by atoms with Crippen LogP contribution in [0.5, 0.6) is 0 Å². The Labute approximate surface area is 160 Å². The Kier molecular flexibility index (Phi) is 8.41. The lowest BCUT2D eigenvalue weighted by Gasteiger charge is -2.48. The SMILES string of the molecule is CCN(CC)CCOC(=O)[C@](O)(C1CCCCC1)C1[C@H](C)CCC[C@@H]1C. The van der Waals surface area contributed by atoms with Crippen LogP contribution in [0, 0.1) is 23.7 Å². The summed E-state index contributed by atoms with van der Waals surface area (Å²) in [5.41, 5.74) is -1.30. The molecule has 4 heteroatoms. The van der Waals surface area contributed by atoms with Crippen LogP contribution in [0.15, 0.2) is 0 Å². The van der Waals surface area contributed by atoms with Crippen molar-refractivity contribution in [2.75, 3.05) is 26.2 Å². The van der Waals surface area contributed by atoms with Gasteiger partial charge in [-0.05, 0) is 43.7 Å². The first-order chi connectivity index (χ1) is 12.4. The fourth-order valence-electron chi connectivity index (χ4n) is 5.59. The van der Waals surface area contributed by atoms with E-state index in [1.807, 2.05) is 0 Å². The summed E-state index contributed by atoms with van der Waals surface area (Å²) < 4.78 is 5.71. The van der Waals surface area contributed by atoms with Crippen LogP contribution in [0.4, 0.5) is 0 Å². The second-order valence-corrected chi connectivity index (χ2v) is 8.73. The van der Waals surface area contributed by atoms with Gasteiger partial charge in [-0.15, -0.1) is 0 Å². The first kappa shape index (κ1) is 21.7. The smallest absolute Gasteiger partial charge is 0.338 e. The summed E-state index contributed by atoms with van der Waals surface area (Å²) in [6, 6.07) is 0. The Morgan fingerprint density at radius 2 is 1.58 bits per heavy atom. The number of likely N-dealkylation sites (N-methyl/N-ethyl adjacent to an activating group) is 1. The van der Waals surface area contributed by atoms with E-state index >= 15 is 0 Å². The van der Waals surface area contributed by atoms with Crippen molar-refractivity contribution in [2.24, 2.45) is 23.7 Å². The predicted molar refractivity (Wildman–Crippen MR) is 106 cm³/mol. The van der Waals surface area contributed by atoms with E-state index in [9.17, 15) is 9.90 Å². The maximum Gasteiger partial charge on any atom is 0.338 e. The van der Waals surface area contributed by atoms with E-state index in [0.717, 1.165) is 58.2 Å². The van der Waals surface area contributed by atoms with Crippen molar-refractivity contribution in [1.82, 2.24) is 4.90 Å². The standard InChI is InChI=1S/C22H41NO3/c1-5-23(6-2)15-16-26-21(24)22(25,19-13-8-7-9-14-19)20-17(3)11-10-12-18(20)4/h17-20,25H,5-16H2,1-4H3/t17-,18+,20?,22-/m0/s1. The summed E-state index contributed by atoms with van der Waals surface area (Å²) >= 11 is 0. The van der Waals surface area contributed by atoms with Crippen LogP contribution in [-0.4, -0.2) is 47.8 Å². The normalized spacial score (nSPS) is 30.2. The highest BCUT2D eigenvalue weighted by molar-refractivity contribution is 5.80. The molecule has 0 heterocycles. The number of hydrogen-bond donors (Lipinski definition) is 1. The molecule has 2 saturated carbocycles. The fraction of sp³-hybridized carbons (Fsp3) is 0.955. The van der Waals surface area contributed by atoms with Gasteiger partial charge in [0, 0.05) is 12.5 Å². The fourth-order valence-corrected chi connectivity index (χ4v) is 5.59. The topological polar surface area (TPSA) is 49.8 Å². The Hall–Kier alpha value is -0.610. The number of hydrogen-bond acceptors (Lipinski definition) is 4. The van der Waals surface area contributed by atoms with Gasteiger partial charge in [-0.1, -0.05) is 66.2 Å². The van der Waals surface area contributed by atoms with E-state index < -0.39 is 5.60 Å². The molecule has 152 valence electrons. The molecule has 4 atom stereocenters. The zero-order chi connectivity index (χ0) is 19.2. The lowest BCUT2D eigenvalue weighted by atomic mass is 9.59. The molecule has 0 radical (unpaired) electrons. The van der Waals surface area contributed by atoms with Crippen molar-refractivity contribution in [3.63, 3.8) is 0 Å². The molecule has 0 aromatic rings. The van der Waals surface area contributed by atoms with E-state index in [1.165, 1.54) is 12.8 Å². The van der Waals surface area contributed by atoms with Crippen LogP contribution in [-0.2, 0) is 9.53 Å². The molecule has 0 spiro atoms. The molecule has 2 fully saturated rings.